The Kier molecular flexibility index (Phi) is 6.25. The van der Waals surface area contributed by atoms with Crippen LogP contribution in [0.3, 0.4) is 0 Å². The molecule has 0 spiro atoms. The van der Waals surface area contributed by atoms with Crippen LogP contribution in [-0.2, 0) is 24.4 Å². The van der Waals surface area contributed by atoms with Gasteiger partial charge in [-0.3, -0.25) is 14.1 Å². The number of rotatable bonds is 6. The molecule has 2 aliphatic carbocycles. The first-order valence-corrected chi connectivity index (χ1v) is 10.2. The average Bonchev–Trinajstić information content (AvgIpc) is 2.53. The van der Waals surface area contributed by atoms with Gasteiger partial charge < -0.3 is 9.84 Å². The van der Waals surface area contributed by atoms with Gasteiger partial charge in [-0.2, -0.15) is 8.42 Å². The SMILES string of the molecule is O=C(O)CC(C(=O)OC1(C2CCCCC2)CCCCC1)S(=O)(=O)O. The Bertz CT molecular complexity index is 557. The summed E-state index contributed by atoms with van der Waals surface area (Å²) < 4.78 is 37.7. The first-order chi connectivity index (χ1) is 11.2. The molecule has 0 aliphatic heterocycles. The monoisotopic (exact) mass is 362 g/mol. The van der Waals surface area contributed by atoms with Crippen molar-refractivity contribution in [2.45, 2.75) is 81.5 Å². The zero-order chi connectivity index (χ0) is 17.8. The molecule has 24 heavy (non-hydrogen) atoms. The Morgan fingerprint density at radius 3 is 2.08 bits per heavy atom. The van der Waals surface area contributed by atoms with Gasteiger partial charge in [0, 0.05) is 0 Å². The third kappa shape index (κ3) is 4.69. The molecule has 2 fully saturated rings. The zero-order valence-corrected chi connectivity index (χ0v) is 14.6. The van der Waals surface area contributed by atoms with E-state index in [0.29, 0.717) is 12.8 Å². The van der Waals surface area contributed by atoms with E-state index in [1.54, 1.807) is 0 Å². The first-order valence-electron chi connectivity index (χ1n) is 8.65. The molecule has 2 N–H and O–H groups in total. The van der Waals surface area contributed by atoms with Crippen LogP contribution in [0, 0.1) is 5.92 Å². The largest absolute Gasteiger partial charge is 0.481 e. The number of esters is 1. The highest BCUT2D eigenvalue weighted by Crippen LogP contribution is 2.44. The number of hydrogen-bond acceptors (Lipinski definition) is 5. The molecule has 0 bridgehead atoms. The molecule has 0 amide bonds. The number of carbonyl (C=O) groups excluding carboxylic acids is 1. The van der Waals surface area contributed by atoms with Crippen molar-refractivity contribution in [2.24, 2.45) is 5.92 Å². The first kappa shape index (κ1) is 19.2. The highest BCUT2D eigenvalue weighted by molar-refractivity contribution is 7.87. The van der Waals surface area contributed by atoms with Crippen LogP contribution < -0.4 is 0 Å². The number of aliphatic carboxylic acids is 1. The number of carbonyl (C=O) groups is 2. The quantitative estimate of drug-likeness (QED) is 0.550. The Balaban J connectivity index is 2.20. The Morgan fingerprint density at radius 1 is 1.04 bits per heavy atom. The highest BCUT2D eigenvalue weighted by atomic mass is 32.2. The third-order valence-corrected chi connectivity index (χ3v) is 6.41. The fourth-order valence-corrected chi connectivity index (χ4v) is 4.75. The minimum Gasteiger partial charge on any atom is -0.481 e. The number of carboxylic acid groups (broad SMARTS) is 1. The van der Waals surface area contributed by atoms with E-state index in [2.05, 4.69) is 0 Å². The van der Waals surface area contributed by atoms with E-state index in [1.165, 1.54) is 0 Å². The minimum atomic E-state index is -4.82. The standard InChI is InChI=1S/C16H26O7S/c17-14(18)11-13(24(20,21)22)15(19)23-16(9-5-2-6-10-16)12-7-3-1-4-8-12/h12-13H,1-11H2,(H,17,18)(H,20,21,22). The Hall–Kier alpha value is -1.15. The predicted octanol–water partition coefficient (Wildman–Crippen LogP) is 2.54. The second kappa shape index (κ2) is 7.82. The maximum Gasteiger partial charge on any atom is 0.328 e. The van der Waals surface area contributed by atoms with Crippen molar-refractivity contribution in [1.82, 2.24) is 0 Å². The van der Waals surface area contributed by atoms with Crippen LogP contribution >= 0.6 is 0 Å². The molecule has 138 valence electrons. The van der Waals surface area contributed by atoms with Crippen molar-refractivity contribution < 1.29 is 32.4 Å². The van der Waals surface area contributed by atoms with Crippen molar-refractivity contribution in [2.75, 3.05) is 0 Å². The van der Waals surface area contributed by atoms with Crippen LogP contribution in [-0.4, -0.2) is 40.9 Å². The van der Waals surface area contributed by atoms with Crippen LogP contribution in [0.2, 0.25) is 0 Å². The van der Waals surface area contributed by atoms with Crippen molar-refractivity contribution in [3.05, 3.63) is 0 Å². The van der Waals surface area contributed by atoms with E-state index in [-0.39, 0.29) is 5.92 Å². The maximum atomic E-state index is 12.4. The summed E-state index contributed by atoms with van der Waals surface area (Å²) in [5.41, 5.74) is -0.711. The predicted molar refractivity (Wildman–Crippen MR) is 86.1 cm³/mol. The number of hydrogen-bond donors (Lipinski definition) is 2. The van der Waals surface area contributed by atoms with Gasteiger partial charge in [0.2, 0.25) is 0 Å². The van der Waals surface area contributed by atoms with Gasteiger partial charge in [0.25, 0.3) is 10.1 Å². The van der Waals surface area contributed by atoms with E-state index in [4.69, 9.17) is 9.84 Å². The molecule has 2 saturated carbocycles. The Labute approximate surface area is 142 Å². The van der Waals surface area contributed by atoms with Crippen molar-refractivity contribution in [1.29, 1.82) is 0 Å². The zero-order valence-electron chi connectivity index (χ0n) is 13.8. The molecular weight excluding hydrogens is 336 g/mol. The molecule has 2 aliphatic rings. The molecule has 2 rings (SSSR count). The summed E-state index contributed by atoms with van der Waals surface area (Å²) >= 11 is 0. The van der Waals surface area contributed by atoms with E-state index >= 15 is 0 Å². The van der Waals surface area contributed by atoms with Gasteiger partial charge in [-0.05, 0) is 44.4 Å². The van der Waals surface area contributed by atoms with Crippen molar-refractivity contribution in [3.63, 3.8) is 0 Å². The lowest BCUT2D eigenvalue weighted by molar-refractivity contribution is -0.174. The summed E-state index contributed by atoms with van der Waals surface area (Å²) in [6.07, 6.45) is 8.34. The molecule has 0 saturated heterocycles. The Morgan fingerprint density at radius 2 is 1.58 bits per heavy atom. The summed E-state index contributed by atoms with van der Waals surface area (Å²) in [7, 11) is -4.82. The lowest BCUT2D eigenvalue weighted by Gasteiger charge is -2.44. The summed E-state index contributed by atoms with van der Waals surface area (Å²) in [6.45, 7) is 0. The van der Waals surface area contributed by atoms with Crippen LogP contribution in [0.25, 0.3) is 0 Å². The van der Waals surface area contributed by atoms with Crippen LogP contribution in [0.1, 0.15) is 70.6 Å². The van der Waals surface area contributed by atoms with E-state index in [0.717, 1.165) is 51.4 Å². The van der Waals surface area contributed by atoms with Crippen molar-refractivity contribution >= 4 is 22.1 Å². The molecule has 8 heteroatoms. The summed E-state index contributed by atoms with van der Waals surface area (Å²) in [5, 5.41) is 6.77. The molecule has 1 unspecified atom stereocenters. The average molecular weight is 362 g/mol. The molecule has 0 aromatic heterocycles. The summed E-state index contributed by atoms with van der Waals surface area (Å²) in [5.74, 6) is -2.42. The molecule has 0 aromatic carbocycles. The fourth-order valence-electron chi connectivity index (χ4n) is 4.11. The van der Waals surface area contributed by atoms with Gasteiger partial charge in [0.05, 0.1) is 6.42 Å². The van der Waals surface area contributed by atoms with E-state index < -0.39 is 39.3 Å². The smallest absolute Gasteiger partial charge is 0.328 e. The van der Waals surface area contributed by atoms with Gasteiger partial charge in [-0.15, -0.1) is 0 Å². The topological polar surface area (TPSA) is 118 Å². The van der Waals surface area contributed by atoms with Gasteiger partial charge in [-0.25, -0.2) is 0 Å². The van der Waals surface area contributed by atoms with Crippen LogP contribution in [0.4, 0.5) is 0 Å². The summed E-state index contributed by atoms with van der Waals surface area (Å²) in [6, 6.07) is 0. The van der Waals surface area contributed by atoms with Gasteiger partial charge >= 0.3 is 11.9 Å². The number of carboxylic acids is 1. The van der Waals surface area contributed by atoms with E-state index in [1.807, 2.05) is 0 Å². The second-order valence-corrected chi connectivity index (χ2v) is 8.58. The van der Waals surface area contributed by atoms with Crippen LogP contribution in [0.15, 0.2) is 0 Å². The fraction of sp³-hybridized carbons (Fsp3) is 0.875. The normalized spacial score (nSPS) is 23.4. The van der Waals surface area contributed by atoms with E-state index in [9.17, 15) is 22.6 Å². The molecule has 0 heterocycles. The lowest BCUT2D eigenvalue weighted by atomic mass is 9.69. The summed E-state index contributed by atoms with van der Waals surface area (Å²) in [4.78, 5) is 23.3. The molecular formula is C16H26O7S. The third-order valence-electron chi connectivity index (χ3n) is 5.34. The van der Waals surface area contributed by atoms with Gasteiger partial charge in [0.1, 0.15) is 5.60 Å². The lowest BCUT2D eigenvalue weighted by Crippen LogP contribution is -2.48. The molecule has 1 atom stereocenters. The van der Waals surface area contributed by atoms with Gasteiger partial charge in [0.15, 0.2) is 5.25 Å². The maximum absolute atomic E-state index is 12.4. The second-order valence-electron chi connectivity index (χ2n) is 6.98. The highest BCUT2D eigenvalue weighted by Gasteiger charge is 2.46. The van der Waals surface area contributed by atoms with Crippen LogP contribution in [0.5, 0.6) is 0 Å². The molecule has 7 nitrogen and oxygen atoms in total. The molecule has 0 radical (unpaired) electrons. The molecule has 0 aromatic rings. The van der Waals surface area contributed by atoms with Crippen molar-refractivity contribution in [3.8, 4) is 0 Å². The minimum absolute atomic E-state index is 0.183. The number of ether oxygens (including phenoxy) is 1. The van der Waals surface area contributed by atoms with Gasteiger partial charge in [-0.1, -0.05) is 25.7 Å².